The van der Waals surface area contributed by atoms with Crippen LogP contribution in [0.3, 0.4) is 0 Å². The Morgan fingerprint density at radius 1 is 1.62 bits per heavy atom. The fourth-order valence-electron chi connectivity index (χ4n) is 1.59. The van der Waals surface area contributed by atoms with Gasteiger partial charge in [-0.2, -0.15) is 5.10 Å². The number of fused-ring (bicyclic) bond motifs is 1. The van der Waals surface area contributed by atoms with E-state index in [1.165, 1.54) is 10.7 Å². The molecule has 2 aromatic rings. The molecule has 0 amide bonds. The van der Waals surface area contributed by atoms with Crippen molar-refractivity contribution in [3.63, 3.8) is 0 Å². The molecule has 0 saturated heterocycles. The Kier molecular flexibility index (Phi) is 2.55. The molecule has 0 atom stereocenters. The first-order valence-electron chi connectivity index (χ1n) is 4.82. The van der Waals surface area contributed by atoms with E-state index >= 15 is 0 Å². The van der Waals surface area contributed by atoms with Crippen LogP contribution in [0.4, 0.5) is 0 Å². The fraction of sp³-hybridized carbons (Fsp3) is 0.300. The maximum Gasteiger partial charge on any atom is 0.337 e. The second-order valence-corrected chi connectivity index (χ2v) is 3.80. The minimum Gasteiger partial charge on any atom is -0.478 e. The fourth-order valence-corrected chi connectivity index (χ4v) is 1.92. The molecule has 1 N–H and O–H groups in total. The molecule has 84 valence electrons. The van der Waals surface area contributed by atoms with Gasteiger partial charge in [-0.05, 0) is 12.5 Å². The summed E-state index contributed by atoms with van der Waals surface area (Å²) in [4.78, 5) is 15.0. The van der Waals surface area contributed by atoms with Gasteiger partial charge in [0.15, 0.2) is 11.0 Å². The first kappa shape index (κ1) is 10.9. The molecule has 0 spiro atoms. The van der Waals surface area contributed by atoms with Crippen molar-refractivity contribution in [1.29, 1.82) is 0 Å². The van der Waals surface area contributed by atoms with Crippen molar-refractivity contribution in [3.8, 4) is 0 Å². The van der Waals surface area contributed by atoms with E-state index in [4.69, 9.17) is 16.7 Å². The molecular formula is C10H10ClN3O2. The van der Waals surface area contributed by atoms with Gasteiger partial charge in [-0.3, -0.25) is 0 Å². The molecule has 0 aromatic carbocycles. The SMILES string of the molecule is CCc1nc(Cl)c2c(C)c(C(=O)O)cn2n1. The lowest BCUT2D eigenvalue weighted by atomic mass is 10.2. The Morgan fingerprint density at radius 3 is 2.88 bits per heavy atom. The minimum atomic E-state index is -0.989. The molecule has 0 aliphatic rings. The van der Waals surface area contributed by atoms with Crippen molar-refractivity contribution in [1.82, 2.24) is 14.6 Å². The van der Waals surface area contributed by atoms with Crippen molar-refractivity contribution in [2.24, 2.45) is 0 Å². The van der Waals surface area contributed by atoms with Crippen molar-refractivity contribution in [2.75, 3.05) is 0 Å². The highest BCUT2D eigenvalue weighted by molar-refractivity contribution is 6.32. The minimum absolute atomic E-state index is 0.199. The molecule has 2 aromatic heterocycles. The number of carboxylic acids is 1. The summed E-state index contributed by atoms with van der Waals surface area (Å²) in [5.74, 6) is -0.401. The third-order valence-electron chi connectivity index (χ3n) is 2.43. The molecule has 0 fully saturated rings. The van der Waals surface area contributed by atoms with E-state index in [9.17, 15) is 4.79 Å². The molecule has 0 bridgehead atoms. The van der Waals surface area contributed by atoms with E-state index in [1.807, 2.05) is 6.92 Å². The predicted octanol–water partition coefficient (Wildman–Crippen LogP) is 1.95. The number of halogens is 1. The first-order valence-corrected chi connectivity index (χ1v) is 5.20. The van der Waals surface area contributed by atoms with Crippen LogP contribution in [-0.4, -0.2) is 25.7 Å². The number of carbonyl (C=O) groups is 1. The molecule has 0 saturated carbocycles. The van der Waals surface area contributed by atoms with Crippen LogP contribution in [-0.2, 0) is 6.42 Å². The summed E-state index contributed by atoms with van der Waals surface area (Å²) < 4.78 is 1.48. The largest absolute Gasteiger partial charge is 0.478 e. The van der Waals surface area contributed by atoms with E-state index in [0.717, 1.165) is 0 Å². The van der Waals surface area contributed by atoms with Gasteiger partial charge < -0.3 is 5.11 Å². The normalized spacial score (nSPS) is 10.9. The van der Waals surface area contributed by atoms with E-state index in [-0.39, 0.29) is 10.7 Å². The van der Waals surface area contributed by atoms with Gasteiger partial charge in [0.25, 0.3) is 0 Å². The summed E-state index contributed by atoms with van der Waals surface area (Å²) in [5, 5.41) is 13.4. The molecule has 16 heavy (non-hydrogen) atoms. The number of hydrogen-bond donors (Lipinski definition) is 1. The summed E-state index contributed by atoms with van der Waals surface area (Å²) in [6.07, 6.45) is 2.11. The average Bonchev–Trinajstić information content (AvgIpc) is 2.56. The Labute approximate surface area is 96.7 Å². The smallest absolute Gasteiger partial charge is 0.337 e. The molecule has 5 nitrogen and oxygen atoms in total. The zero-order chi connectivity index (χ0) is 11.9. The Balaban J connectivity index is 2.80. The molecule has 2 rings (SSSR count). The molecule has 6 heteroatoms. The molecule has 0 aliphatic heterocycles. The van der Waals surface area contributed by atoms with E-state index in [0.29, 0.717) is 23.3 Å². The van der Waals surface area contributed by atoms with Gasteiger partial charge in [0, 0.05) is 12.6 Å². The van der Waals surface area contributed by atoms with E-state index < -0.39 is 5.97 Å². The lowest BCUT2D eigenvalue weighted by molar-refractivity contribution is 0.0696. The van der Waals surface area contributed by atoms with Gasteiger partial charge in [-0.1, -0.05) is 18.5 Å². The number of nitrogens with zero attached hydrogens (tertiary/aromatic N) is 3. The third-order valence-corrected chi connectivity index (χ3v) is 2.70. The topological polar surface area (TPSA) is 67.5 Å². The van der Waals surface area contributed by atoms with Crippen LogP contribution in [0.2, 0.25) is 5.15 Å². The monoisotopic (exact) mass is 239 g/mol. The highest BCUT2D eigenvalue weighted by Gasteiger charge is 2.17. The summed E-state index contributed by atoms with van der Waals surface area (Å²) in [5.41, 5.74) is 1.33. The van der Waals surface area contributed by atoms with Crippen LogP contribution in [0.25, 0.3) is 5.52 Å². The molecule has 0 radical (unpaired) electrons. The van der Waals surface area contributed by atoms with Gasteiger partial charge in [0.05, 0.1) is 5.56 Å². The molecule has 0 unspecified atom stereocenters. The molecule has 2 heterocycles. The number of aromatic carboxylic acids is 1. The number of carboxylic acid groups (broad SMARTS) is 1. The first-order chi connectivity index (χ1) is 7.54. The zero-order valence-corrected chi connectivity index (χ0v) is 9.62. The Hall–Kier alpha value is -1.62. The zero-order valence-electron chi connectivity index (χ0n) is 8.86. The summed E-state index contributed by atoms with van der Waals surface area (Å²) >= 11 is 6.00. The van der Waals surface area contributed by atoms with Crippen LogP contribution in [0.1, 0.15) is 28.7 Å². The average molecular weight is 240 g/mol. The standard InChI is InChI=1S/C10H10ClN3O2/c1-3-7-12-9(11)8-5(2)6(10(15)16)4-14(8)13-7/h4H,3H2,1-2H3,(H,15,16). The lowest BCUT2D eigenvalue weighted by Gasteiger charge is -2.00. The highest BCUT2D eigenvalue weighted by atomic mass is 35.5. The maximum atomic E-state index is 11.0. The number of aromatic nitrogens is 3. The third kappa shape index (κ3) is 1.53. The van der Waals surface area contributed by atoms with Gasteiger partial charge in [0.1, 0.15) is 5.52 Å². The van der Waals surface area contributed by atoms with Crippen LogP contribution < -0.4 is 0 Å². The van der Waals surface area contributed by atoms with Crippen LogP contribution in [0.5, 0.6) is 0 Å². The summed E-state index contributed by atoms with van der Waals surface area (Å²) in [7, 11) is 0. The van der Waals surface area contributed by atoms with Crippen LogP contribution >= 0.6 is 11.6 Å². The molecular weight excluding hydrogens is 230 g/mol. The maximum absolute atomic E-state index is 11.0. The van der Waals surface area contributed by atoms with Crippen molar-refractivity contribution in [2.45, 2.75) is 20.3 Å². The Morgan fingerprint density at radius 2 is 2.31 bits per heavy atom. The molecule has 0 aliphatic carbocycles. The second kappa shape index (κ2) is 3.75. The van der Waals surface area contributed by atoms with Gasteiger partial charge in [-0.25, -0.2) is 14.3 Å². The number of rotatable bonds is 2. The predicted molar refractivity (Wildman–Crippen MR) is 59.1 cm³/mol. The van der Waals surface area contributed by atoms with Crippen LogP contribution in [0, 0.1) is 6.92 Å². The summed E-state index contributed by atoms with van der Waals surface area (Å²) in [6.45, 7) is 3.60. The summed E-state index contributed by atoms with van der Waals surface area (Å²) in [6, 6.07) is 0. The highest BCUT2D eigenvalue weighted by Crippen LogP contribution is 2.23. The quantitative estimate of drug-likeness (QED) is 0.870. The van der Waals surface area contributed by atoms with Crippen molar-refractivity contribution >= 4 is 23.1 Å². The second-order valence-electron chi connectivity index (χ2n) is 3.44. The number of aryl methyl sites for hydroxylation is 2. The van der Waals surface area contributed by atoms with E-state index in [1.54, 1.807) is 6.92 Å². The van der Waals surface area contributed by atoms with Crippen LogP contribution in [0.15, 0.2) is 6.20 Å². The number of hydrogen-bond acceptors (Lipinski definition) is 3. The van der Waals surface area contributed by atoms with Gasteiger partial charge >= 0.3 is 5.97 Å². The lowest BCUT2D eigenvalue weighted by Crippen LogP contribution is -2.00. The van der Waals surface area contributed by atoms with E-state index in [2.05, 4.69) is 10.1 Å². The Bertz CT molecular complexity index is 577. The van der Waals surface area contributed by atoms with Crippen molar-refractivity contribution < 1.29 is 9.90 Å². The van der Waals surface area contributed by atoms with Crippen molar-refractivity contribution in [3.05, 3.63) is 28.3 Å². The van der Waals surface area contributed by atoms with Gasteiger partial charge in [-0.15, -0.1) is 0 Å². The van der Waals surface area contributed by atoms with Gasteiger partial charge in [0.2, 0.25) is 0 Å².